The van der Waals surface area contributed by atoms with E-state index in [0.29, 0.717) is 31.5 Å². The third kappa shape index (κ3) is 2.98. The van der Waals surface area contributed by atoms with Gasteiger partial charge in [0.2, 0.25) is 11.8 Å². The fraction of sp³-hybridized carbons (Fsp3) is 0.529. The van der Waals surface area contributed by atoms with E-state index in [4.69, 9.17) is 0 Å². The first kappa shape index (κ1) is 15.0. The van der Waals surface area contributed by atoms with Crippen LogP contribution in [0.5, 0.6) is 0 Å². The Labute approximate surface area is 129 Å². The number of carbonyl (C=O) groups is 2. The molecule has 2 fully saturated rings. The van der Waals surface area contributed by atoms with Crippen LogP contribution in [-0.2, 0) is 16.0 Å². The molecular weight excluding hydrogens is 283 g/mol. The average molecular weight is 304 g/mol. The monoisotopic (exact) mass is 304 g/mol. The molecule has 0 unspecified atom stereocenters. The number of hydrogen-bond donors (Lipinski definition) is 1. The quantitative estimate of drug-likeness (QED) is 0.906. The van der Waals surface area contributed by atoms with Crippen molar-refractivity contribution >= 4 is 11.8 Å². The first-order valence-electron chi connectivity index (χ1n) is 7.77. The number of nitrogens with one attached hydrogen (secondary N) is 1. The van der Waals surface area contributed by atoms with Gasteiger partial charge in [-0.3, -0.25) is 9.59 Å². The van der Waals surface area contributed by atoms with Crippen LogP contribution in [0.15, 0.2) is 18.2 Å². The summed E-state index contributed by atoms with van der Waals surface area (Å²) in [6, 6.07) is 4.82. The predicted molar refractivity (Wildman–Crippen MR) is 80.7 cm³/mol. The molecular formula is C17H21FN2O2. The fourth-order valence-electron chi connectivity index (χ4n) is 3.44. The topological polar surface area (TPSA) is 49.4 Å². The highest BCUT2D eigenvalue weighted by Crippen LogP contribution is 2.37. The number of halogens is 1. The van der Waals surface area contributed by atoms with Crippen LogP contribution in [0.2, 0.25) is 0 Å². The van der Waals surface area contributed by atoms with Gasteiger partial charge in [0.1, 0.15) is 5.82 Å². The highest BCUT2D eigenvalue weighted by atomic mass is 19.1. The van der Waals surface area contributed by atoms with Gasteiger partial charge in [-0.1, -0.05) is 12.1 Å². The molecule has 0 aliphatic carbocycles. The van der Waals surface area contributed by atoms with Crippen LogP contribution in [0, 0.1) is 18.2 Å². The van der Waals surface area contributed by atoms with E-state index in [-0.39, 0.29) is 23.0 Å². The molecule has 2 saturated heterocycles. The number of hydrogen-bond acceptors (Lipinski definition) is 2. The summed E-state index contributed by atoms with van der Waals surface area (Å²) in [5.74, 6) is -0.0331. The molecule has 0 bridgehead atoms. The molecule has 1 aromatic rings. The summed E-state index contributed by atoms with van der Waals surface area (Å²) >= 11 is 0. The van der Waals surface area contributed by atoms with Crippen LogP contribution in [-0.4, -0.2) is 36.3 Å². The molecule has 3 rings (SSSR count). The third-order valence-electron chi connectivity index (χ3n) is 4.95. The van der Waals surface area contributed by atoms with E-state index in [0.717, 1.165) is 24.9 Å². The summed E-state index contributed by atoms with van der Waals surface area (Å²) in [5, 5.41) is 2.90. The molecule has 118 valence electrons. The van der Waals surface area contributed by atoms with Gasteiger partial charge < -0.3 is 10.2 Å². The van der Waals surface area contributed by atoms with Crippen molar-refractivity contribution in [1.29, 1.82) is 0 Å². The Morgan fingerprint density at radius 2 is 2.09 bits per heavy atom. The standard InChI is InChI=1S/C17H21FN2O2/c1-12-8-13(2-3-14(12)18)9-16(22)20-6-4-17(5-7-20)10-15(21)19-11-17/h2-3,8H,4-7,9-11H2,1H3,(H,19,21). The molecule has 2 aliphatic rings. The summed E-state index contributed by atoms with van der Waals surface area (Å²) < 4.78 is 13.3. The van der Waals surface area contributed by atoms with Gasteiger partial charge in [-0.15, -0.1) is 0 Å². The smallest absolute Gasteiger partial charge is 0.226 e. The van der Waals surface area contributed by atoms with Gasteiger partial charge in [0.05, 0.1) is 6.42 Å². The van der Waals surface area contributed by atoms with Crippen molar-refractivity contribution in [2.24, 2.45) is 5.41 Å². The van der Waals surface area contributed by atoms with Gasteiger partial charge in [-0.05, 0) is 42.4 Å². The van der Waals surface area contributed by atoms with E-state index in [1.54, 1.807) is 19.1 Å². The van der Waals surface area contributed by atoms with Gasteiger partial charge in [-0.25, -0.2) is 4.39 Å². The molecule has 0 aromatic heterocycles. The first-order valence-corrected chi connectivity index (χ1v) is 7.77. The van der Waals surface area contributed by atoms with Gasteiger partial charge in [-0.2, -0.15) is 0 Å². The maximum Gasteiger partial charge on any atom is 0.226 e. The zero-order chi connectivity index (χ0) is 15.7. The Hall–Kier alpha value is -1.91. The van der Waals surface area contributed by atoms with E-state index >= 15 is 0 Å². The number of piperidine rings is 1. The second-order valence-corrected chi connectivity index (χ2v) is 6.59. The summed E-state index contributed by atoms with van der Waals surface area (Å²) in [4.78, 5) is 25.7. The highest BCUT2D eigenvalue weighted by Gasteiger charge is 2.41. The highest BCUT2D eigenvalue weighted by molar-refractivity contribution is 5.80. The lowest BCUT2D eigenvalue weighted by Gasteiger charge is -2.38. The molecule has 1 aromatic carbocycles. The lowest BCUT2D eigenvalue weighted by molar-refractivity contribution is -0.132. The Balaban J connectivity index is 1.58. The van der Waals surface area contributed by atoms with Crippen LogP contribution in [0.4, 0.5) is 4.39 Å². The maximum atomic E-state index is 13.3. The predicted octanol–water partition coefficient (Wildman–Crippen LogP) is 1.81. The zero-order valence-corrected chi connectivity index (χ0v) is 12.8. The minimum absolute atomic E-state index is 0.0559. The number of likely N-dealkylation sites (tertiary alicyclic amines) is 1. The van der Waals surface area contributed by atoms with Crippen LogP contribution >= 0.6 is 0 Å². The normalized spacial score (nSPS) is 20.3. The third-order valence-corrected chi connectivity index (χ3v) is 4.95. The lowest BCUT2D eigenvalue weighted by atomic mass is 9.77. The largest absolute Gasteiger partial charge is 0.356 e. The van der Waals surface area contributed by atoms with Crippen molar-refractivity contribution in [1.82, 2.24) is 10.2 Å². The van der Waals surface area contributed by atoms with E-state index in [1.807, 2.05) is 4.90 Å². The number of amides is 2. The molecule has 0 atom stereocenters. The number of nitrogens with zero attached hydrogens (tertiary/aromatic N) is 1. The van der Waals surface area contributed by atoms with E-state index in [1.165, 1.54) is 6.07 Å². The molecule has 1 N–H and O–H groups in total. The van der Waals surface area contributed by atoms with E-state index in [2.05, 4.69) is 5.32 Å². The first-order chi connectivity index (χ1) is 10.5. The SMILES string of the molecule is Cc1cc(CC(=O)N2CCC3(CC2)CNC(=O)C3)ccc1F. The zero-order valence-electron chi connectivity index (χ0n) is 12.8. The maximum absolute atomic E-state index is 13.3. The summed E-state index contributed by atoms with van der Waals surface area (Å²) in [5.41, 5.74) is 1.47. The lowest BCUT2D eigenvalue weighted by Crippen LogP contribution is -2.44. The second kappa shape index (κ2) is 5.71. The molecule has 1 spiro atoms. The van der Waals surface area contributed by atoms with Gasteiger partial charge in [0.25, 0.3) is 0 Å². The Bertz CT molecular complexity index is 607. The summed E-state index contributed by atoms with van der Waals surface area (Å²) in [7, 11) is 0. The van der Waals surface area contributed by atoms with Crippen LogP contribution in [0.3, 0.4) is 0 Å². The molecule has 22 heavy (non-hydrogen) atoms. The Kier molecular flexibility index (Phi) is 3.89. The average Bonchev–Trinajstić information content (AvgIpc) is 2.84. The van der Waals surface area contributed by atoms with Crippen molar-refractivity contribution in [3.8, 4) is 0 Å². The summed E-state index contributed by atoms with van der Waals surface area (Å²) in [6.45, 7) is 3.85. The van der Waals surface area contributed by atoms with Gasteiger partial charge in [0.15, 0.2) is 0 Å². The molecule has 2 heterocycles. The summed E-state index contributed by atoms with van der Waals surface area (Å²) in [6.07, 6.45) is 2.65. The minimum Gasteiger partial charge on any atom is -0.356 e. The van der Waals surface area contributed by atoms with Crippen molar-refractivity contribution in [3.63, 3.8) is 0 Å². The van der Waals surface area contributed by atoms with Gasteiger partial charge in [0, 0.05) is 26.1 Å². The molecule has 5 heteroatoms. The molecule has 2 aliphatic heterocycles. The van der Waals surface area contributed by atoms with E-state index < -0.39 is 0 Å². The van der Waals surface area contributed by atoms with Gasteiger partial charge >= 0.3 is 0 Å². The molecule has 4 nitrogen and oxygen atoms in total. The van der Waals surface area contributed by atoms with Crippen molar-refractivity contribution in [2.75, 3.05) is 19.6 Å². The van der Waals surface area contributed by atoms with Crippen molar-refractivity contribution < 1.29 is 14.0 Å². The van der Waals surface area contributed by atoms with Crippen molar-refractivity contribution in [2.45, 2.75) is 32.6 Å². The van der Waals surface area contributed by atoms with Crippen LogP contribution in [0.25, 0.3) is 0 Å². The van der Waals surface area contributed by atoms with Crippen LogP contribution in [0.1, 0.15) is 30.4 Å². The number of carbonyl (C=O) groups excluding carboxylic acids is 2. The fourth-order valence-corrected chi connectivity index (χ4v) is 3.44. The second-order valence-electron chi connectivity index (χ2n) is 6.59. The van der Waals surface area contributed by atoms with E-state index in [9.17, 15) is 14.0 Å². The number of benzene rings is 1. The Morgan fingerprint density at radius 3 is 2.68 bits per heavy atom. The van der Waals surface area contributed by atoms with Crippen LogP contribution < -0.4 is 5.32 Å². The Morgan fingerprint density at radius 1 is 1.36 bits per heavy atom. The number of rotatable bonds is 2. The molecule has 0 radical (unpaired) electrons. The van der Waals surface area contributed by atoms with Crippen molar-refractivity contribution in [3.05, 3.63) is 35.1 Å². The minimum atomic E-state index is -0.241. The molecule has 2 amide bonds. The number of aryl methyl sites for hydroxylation is 1. The molecule has 0 saturated carbocycles.